The summed E-state index contributed by atoms with van der Waals surface area (Å²) in [6.45, 7) is 0.930. The minimum Gasteiger partial charge on any atom is -0.465 e. The fraction of sp³-hybridized carbons (Fsp3) is 0.300. The molecule has 1 fully saturated rings. The molecule has 0 spiro atoms. The zero-order chi connectivity index (χ0) is 21.0. The van der Waals surface area contributed by atoms with Crippen molar-refractivity contribution in [1.82, 2.24) is 4.31 Å². The third kappa shape index (κ3) is 4.77. The molecule has 1 aliphatic rings. The predicted octanol–water partition coefficient (Wildman–Crippen LogP) is 3.55. The molecule has 0 aliphatic carbocycles. The van der Waals surface area contributed by atoms with Gasteiger partial charge in [-0.2, -0.15) is 4.31 Å². The molecule has 1 amide bonds. The number of amides is 1. The van der Waals surface area contributed by atoms with Gasteiger partial charge in [-0.15, -0.1) is 0 Å². The summed E-state index contributed by atoms with van der Waals surface area (Å²) >= 11 is 6.15. The zero-order valence-corrected chi connectivity index (χ0v) is 17.4. The van der Waals surface area contributed by atoms with Crippen LogP contribution in [-0.2, 0) is 14.8 Å². The van der Waals surface area contributed by atoms with Crippen LogP contribution in [0.1, 0.15) is 40.0 Å². The first-order valence-corrected chi connectivity index (χ1v) is 10.9. The molecule has 0 saturated carbocycles. The number of hydrogen-bond donors (Lipinski definition) is 1. The van der Waals surface area contributed by atoms with Crippen LogP contribution in [0.15, 0.2) is 47.4 Å². The van der Waals surface area contributed by atoms with Crippen LogP contribution < -0.4 is 5.32 Å². The van der Waals surface area contributed by atoms with Gasteiger partial charge in [-0.3, -0.25) is 4.79 Å². The molecule has 1 saturated heterocycles. The number of hydrogen-bond acceptors (Lipinski definition) is 5. The Bertz CT molecular complexity index is 1030. The van der Waals surface area contributed by atoms with Crippen LogP contribution in [-0.4, -0.2) is 44.8 Å². The lowest BCUT2D eigenvalue weighted by molar-refractivity contribution is 0.0600. The molecule has 1 heterocycles. The fourth-order valence-electron chi connectivity index (χ4n) is 3.13. The van der Waals surface area contributed by atoms with Crippen LogP contribution in [0.3, 0.4) is 0 Å². The van der Waals surface area contributed by atoms with E-state index in [1.807, 2.05) is 0 Å². The second-order valence-corrected chi connectivity index (χ2v) is 8.98. The predicted molar refractivity (Wildman–Crippen MR) is 110 cm³/mol. The summed E-state index contributed by atoms with van der Waals surface area (Å²) in [6.07, 6.45) is 2.64. The molecule has 0 radical (unpaired) electrons. The fourth-order valence-corrected chi connectivity index (χ4v) is 4.88. The number of rotatable bonds is 5. The molecular formula is C20H21ClN2O5S. The van der Waals surface area contributed by atoms with Gasteiger partial charge in [0.25, 0.3) is 5.91 Å². The topological polar surface area (TPSA) is 92.8 Å². The number of halogens is 1. The Kier molecular flexibility index (Phi) is 6.56. The number of methoxy groups -OCH3 is 1. The standard InChI is InChI=1S/C20H21ClN2O5S/c1-28-20(25)14-6-5-7-15(12-14)22-19(24)17-13-16(8-9-18(17)21)29(26,27)23-10-3-2-4-11-23/h5-9,12-13H,2-4,10-11H2,1H3,(H,22,24). The Morgan fingerprint density at radius 2 is 1.79 bits per heavy atom. The quantitative estimate of drug-likeness (QED) is 0.723. The summed E-state index contributed by atoms with van der Waals surface area (Å²) in [5.41, 5.74) is 0.671. The van der Waals surface area contributed by atoms with Gasteiger partial charge in [-0.25, -0.2) is 13.2 Å². The molecule has 0 aromatic heterocycles. The van der Waals surface area contributed by atoms with Gasteiger partial charge in [0.15, 0.2) is 0 Å². The first-order valence-electron chi connectivity index (χ1n) is 9.12. The molecule has 7 nitrogen and oxygen atoms in total. The molecule has 1 N–H and O–H groups in total. The van der Waals surface area contributed by atoms with E-state index in [9.17, 15) is 18.0 Å². The Morgan fingerprint density at radius 1 is 1.07 bits per heavy atom. The molecule has 1 aliphatic heterocycles. The number of sulfonamides is 1. The largest absolute Gasteiger partial charge is 0.465 e. The molecule has 0 bridgehead atoms. The number of piperidine rings is 1. The minimum atomic E-state index is -3.70. The van der Waals surface area contributed by atoms with E-state index in [1.165, 1.54) is 35.7 Å². The normalized spacial score (nSPS) is 15.0. The summed E-state index contributed by atoms with van der Waals surface area (Å²) < 4.78 is 31.9. The van der Waals surface area contributed by atoms with Crippen LogP contribution in [0, 0.1) is 0 Å². The van der Waals surface area contributed by atoms with Crippen LogP contribution >= 0.6 is 11.6 Å². The van der Waals surface area contributed by atoms with Crippen molar-refractivity contribution in [1.29, 1.82) is 0 Å². The SMILES string of the molecule is COC(=O)c1cccc(NC(=O)c2cc(S(=O)(=O)N3CCCCC3)ccc2Cl)c1. The first-order chi connectivity index (χ1) is 13.8. The minimum absolute atomic E-state index is 0.0252. The summed E-state index contributed by atoms with van der Waals surface area (Å²) in [5, 5.41) is 2.77. The number of carbonyl (C=O) groups excluding carboxylic acids is 2. The first kappa shape index (κ1) is 21.3. The Labute approximate surface area is 174 Å². The molecule has 0 atom stereocenters. The van der Waals surface area contributed by atoms with E-state index >= 15 is 0 Å². The highest BCUT2D eigenvalue weighted by molar-refractivity contribution is 7.89. The smallest absolute Gasteiger partial charge is 0.337 e. The monoisotopic (exact) mass is 436 g/mol. The van der Waals surface area contributed by atoms with Crippen molar-refractivity contribution in [3.63, 3.8) is 0 Å². The molecule has 3 rings (SSSR count). The number of benzene rings is 2. The van der Waals surface area contributed by atoms with Crippen molar-refractivity contribution in [3.8, 4) is 0 Å². The summed E-state index contributed by atoms with van der Waals surface area (Å²) in [5.74, 6) is -1.11. The van der Waals surface area contributed by atoms with Crippen LogP contribution in [0.5, 0.6) is 0 Å². The number of anilines is 1. The van der Waals surface area contributed by atoms with Crippen molar-refractivity contribution in [3.05, 3.63) is 58.6 Å². The van der Waals surface area contributed by atoms with Gasteiger partial charge in [0.2, 0.25) is 10.0 Å². The number of esters is 1. The van der Waals surface area contributed by atoms with E-state index in [0.29, 0.717) is 18.8 Å². The Hall–Kier alpha value is -2.42. The number of nitrogens with one attached hydrogen (secondary N) is 1. The van der Waals surface area contributed by atoms with Crippen molar-refractivity contribution in [2.75, 3.05) is 25.5 Å². The van der Waals surface area contributed by atoms with Gasteiger partial charge in [0.05, 0.1) is 28.2 Å². The highest BCUT2D eigenvalue weighted by atomic mass is 35.5. The third-order valence-electron chi connectivity index (χ3n) is 4.68. The number of carbonyl (C=O) groups is 2. The average Bonchev–Trinajstić information content (AvgIpc) is 2.74. The van der Waals surface area contributed by atoms with E-state index in [1.54, 1.807) is 18.2 Å². The third-order valence-corrected chi connectivity index (χ3v) is 6.90. The Balaban J connectivity index is 1.86. The lowest BCUT2D eigenvalue weighted by Crippen LogP contribution is -2.35. The highest BCUT2D eigenvalue weighted by Gasteiger charge is 2.27. The van der Waals surface area contributed by atoms with Gasteiger partial charge in [0, 0.05) is 18.8 Å². The van der Waals surface area contributed by atoms with Crippen molar-refractivity contribution >= 4 is 39.2 Å². The summed E-state index contributed by atoms with van der Waals surface area (Å²) in [7, 11) is -2.43. The van der Waals surface area contributed by atoms with Gasteiger partial charge in [0.1, 0.15) is 0 Å². The van der Waals surface area contributed by atoms with Crippen LogP contribution in [0.4, 0.5) is 5.69 Å². The van der Waals surface area contributed by atoms with Crippen molar-refractivity contribution < 1.29 is 22.7 Å². The molecule has 9 heteroatoms. The molecule has 29 heavy (non-hydrogen) atoms. The van der Waals surface area contributed by atoms with Crippen molar-refractivity contribution in [2.24, 2.45) is 0 Å². The summed E-state index contributed by atoms with van der Waals surface area (Å²) in [4.78, 5) is 24.4. The number of nitrogens with zero attached hydrogens (tertiary/aromatic N) is 1. The van der Waals surface area contributed by atoms with E-state index in [2.05, 4.69) is 10.1 Å². The second-order valence-electron chi connectivity index (χ2n) is 6.63. The zero-order valence-electron chi connectivity index (χ0n) is 15.9. The molecule has 2 aromatic carbocycles. The van der Waals surface area contributed by atoms with E-state index < -0.39 is 21.9 Å². The maximum atomic E-state index is 12.9. The number of ether oxygens (including phenoxy) is 1. The van der Waals surface area contributed by atoms with Gasteiger partial charge in [-0.1, -0.05) is 24.1 Å². The van der Waals surface area contributed by atoms with Gasteiger partial charge in [-0.05, 0) is 49.2 Å². The molecule has 154 valence electrons. The molecular weight excluding hydrogens is 416 g/mol. The van der Waals surface area contributed by atoms with Crippen LogP contribution in [0.2, 0.25) is 5.02 Å². The maximum absolute atomic E-state index is 12.9. The lowest BCUT2D eigenvalue weighted by atomic mass is 10.1. The van der Waals surface area contributed by atoms with Crippen LogP contribution in [0.25, 0.3) is 0 Å². The van der Waals surface area contributed by atoms with E-state index in [0.717, 1.165) is 19.3 Å². The molecule has 0 unspecified atom stereocenters. The van der Waals surface area contributed by atoms with E-state index in [4.69, 9.17) is 11.6 Å². The summed E-state index contributed by atoms with van der Waals surface area (Å²) in [6, 6.07) is 10.3. The molecule has 2 aromatic rings. The van der Waals surface area contributed by atoms with Crippen molar-refractivity contribution in [2.45, 2.75) is 24.2 Å². The highest BCUT2D eigenvalue weighted by Crippen LogP contribution is 2.26. The second kappa shape index (κ2) is 8.94. The Morgan fingerprint density at radius 3 is 2.48 bits per heavy atom. The van der Waals surface area contributed by atoms with Gasteiger partial charge < -0.3 is 10.1 Å². The lowest BCUT2D eigenvalue weighted by Gasteiger charge is -2.26. The van der Waals surface area contributed by atoms with E-state index in [-0.39, 0.29) is 21.0 Å². The average molecular weight is 437 g/mol. The van der Waals surface area contributed by atoms with Gasteiger partial charge >= 0.3 is 5.97 Å². The maximum Gasteiger partial charge on any atom is 0.337 e.